The van der Waals surface area contributed by atoms with Crippen LogP contribution in [-0.2, 0) is 17.8 Å². The molecule has 3 rings (SSSR count). The fourth-order valence-corrected chi connectivity index (χ4v) is 2.87. The fraction of sp³-hybridized carbons (Fsp3) is 0.211. The minimum Gasteiger partial charge on any atom is -0.486 e. The van der Waals surface area contributed by atoms with Gasteiger partial charge in [-0.05, 0) is 37.6 Å². The van der Waals surface area contributed by atoms with E-state index in [-0.39, 0.29) is 12.3 Å². The first kappa shape index (κ1) is 17.1. The van der Waals surface area contributed by atoms with E-state index in [1.165, 1.54) is 16.9 Å². The largest absolute Gasteiger partial charge is 0.486 e. The minimum absolute atomic E-state index is 0.132. The number of benzene rings is 1. The summed E-state index contributed by atoms with van der Waals surface area (Å²) in [5.74, 6) is 1.23. The van der Waals surface area contributed by atoms with E-state index in [0.29, 0.717) is 12.4 Å². The quantitative estimate of drug-likeness (QED) is 0.730. The molecule has 2 aromatic heterocycles. The molecule has 0 radical (unpaired) electrons. The molecular formula is C19H19N3O2S. The molecule has 0 aliphatic rings. The summed E-state index contributed by atoms with van der Waals surface area (Å²) in [6.45, 7) is 4.39. The number of thiazole rings is 1. The summed E-state index contributed by atoms with van der Waals surface area (Å²) >= 11 is 1.49. The molecule has 1 amide bonds. The van der Waals surface area contributed by atoms with Crippen molar-refractivity contribution in [2.75, 3.05) is 5.32 Å². The number of nitrogens with zero attached hydrogens (tertiary/aromatic N) is 2. The van der Waals surface area contributed by atoms with Gasteiger partial charge in [0.1, 0.15) is 23.2 Å². The van der Waals surface area contributed by atoms with Crippen LogP contribution < -0.4 is 10.1 Å². The van der Waals surface area contributed by atoms with Crippen LogP contribution in [0.3, 0.4) is 0 Å². The molecule has 6 heteroatoms. The number of nitrogens with one attached hydrogen (secondary N) is 1. The highest BCUT2D eigenvalue weighted by atomic mass is 32.1. The molecule has 1 N–H and O–H groups in total. The van der Waals surface area contributed by atoms with Crippen LogP contribution in [0.15, 0.2) is 48.0 Å². The number of anilines is 1. The molecule has 0 fully saturated rings. The lowest BCUT2D eigenvalue weighted by Gasteiger charge is -2.04. The first-order chi connectivity index (χ1) is 12.1. The maximum absolute atomic E-state index is 12.1. The van der Waals surface area contributed by atoms with Crippen molar-refractivity contribution in [1.29, 1.82) is 0 Å². The number of carbonyl (C=O) groups is 1. The van der Waals surface area contributed by atoms with Crippen LogP contribution in [0.25, 0.3) is 0 Å². The zero-order valence-corrected chi connectivity index (χ0v) is 15.0. The zero-order chi connectivity index (χ0) is 17.6. The molecule has 5 nitrogen and oxygen atoms in total. The highest BCUT2D eigenvalue weighted by Gasteiger charge is 2.09. The monoisotopic (exact) mass is 353 g/mol. The summed E-state index contributed by atoms with van der Waals surface area (Å²) in [4.78, 5) is 20.7. The van der Waals surface area contributed by atoms with Crippen molar-refractivity contribution >= 4 is 23.1 Å². The molecule has 3 aromatic rings. The Morgan fingerprint density at radius 3 is 2.60 bits per heavy atom. The first-order valence-corrected chi connectivity index (χ1v) is 8.82. The Hall–Kier alpha value is -2.73. The Labute approximate surface area is 150 Å². The Kier molecular flexibility index (Phi) is 5.40. The van der Waals surface area contributed by atoms with Gasteiger partial charge < -0.3 is 10.1 Å². The van der Waals surface area contributed by atoms with Crippen molar-refractivity contribution in [1.82, 2.24) is 9.97 Å². The summed E-state index contributed by atoms with van der Waals surface area (Å²) < 4.78 is 5.71. The van der Waals surface area contributed by atoms with Gasteiger partial charge in [-0.25, -0.2) is 9.97 Å². The van der Waals surface area contributed by atoms with Crippen LogP contribution in [-0.4, -0.2) is 15.9 Å². The Balaban J connectivity index is 1.51. The number of rotatable bonds is 6. The summed E-state index contributed by atoms with van der Waals surface area (Å²) in [5.41, 5.74) is 2.98. The third kappa shape index (κ3) is 5.12. The van der Waals surface area contributed by atoms with E-state index in [9.17, 15) is 4.79 Å². The van der Waals surface area contributed by atoms with Gasteiger partial charge in [0.15, 0.2) is 0 Å². The summed E-state index contributed by atoms with van der Waals surface area (Å²) in [7, 11) is 0. The Bertz CT molecular complexity index is 842. The first-order valence-electron chi connectivity index (χ1n) is 7.94. The van der Waals surface area contributed by atoms with Gasteiger partial charge in [0.2, 0.25) is 5.91 Å². The summed E-state index contributed by atoms with van der Waals surface area (Å²) in [5, 5.41) is 5.50. The molecule has 0 aliphatic carbocycles. The lowest BCUT2D eigenvalue weighted by molar-refractivity contribution is -0.115. The van der Waals surface area contributed by atoms with Crippen molar-refractivity contribution in [3.05, 3.63) is 69.8 Å². The van der Waals surface area contributed by atoms with E-state index in [1.807, 2.05) is 49.6 Å². The molecule has 1 aromatic carbocycles. The number of pyridine rings is 1. The van der Waals surface area contributed by atoms with Gasteiger partial charge in [-0.15, -0.1) is 11.3 Å². The molecular weight excluding hydrogens is 334 g/mol. The van der Waals surface area contributed by atoms with Crippen molar-refractivity contribution in [3.8, 4) is 5.75 Å². The van der Waals surface area contributed by atoms with Crippen molar-refractivity contribution < 1.29 is 9.53 Å². The van der Waals surface area contributed by atoms with E-state index in [2.05, 4.69) is 15.3 Å². The van der Waals surface area contributed by atoms with Gasteiger partial charge in [0.25, 0.3) is 0 Å². The lowest BCUT2D eigenvalue weighted by Crippen LogP contribution is -2.15. The smallest absolute Gasteiger partial charge is 0.231 e. The predicted octanol–water partition coefficient (Wildman–Crippen LogP) is 3.92. The van der Waals surface area contributed by atoms with E-state index in [1.54, 1.807) is 12.3 Å². The zero-order valence-electron chi connectivity index (χ0n) is 14.2. The SMILES string of the molecule is Cc1ccc(OCc2nc(CC(=O)Nc3ccc(C)cn3)cs2)cc1. The maximum atomic E-state index is 12.1. The Morgan fingerprint density at radius 2 is 1.88 bits per heavy atom. The Morgan fingerprint density at radius 1 is 1.12 bits per heavy atom. The third-order valence-electron chi connectivity index (χ3n) is 3.50. The van der Waals surface area contributed by atoms with Crippen LogP contribution in [0, 0.1) is 13.8 Å². The second kappa shape index (κ2) is 7.90. The number of aromatic nitrogens is 2. The van der Waals surface area contributed by atoms with Crippen molar-refractivity contribution in [3.63, 3.8) is 0 Å². The van der Waals surface area contributed by atoms with E-state index in [4.69, 9.17) is 4.74 Å². The molecule has 0 bridgehead atoms. The summed E-state index contributed by atoms with van der Waals surface area (Å²) in [6.07, 6.45) is 1.94. The third-order valence-corrected chi connectivity index (χ3v) is 4.37. The topological polar surface area (TPSA) is 64.1 Å². The van der Waals surface area contributed by atoms with E-state index >= 15 is 0 Å². The number of amides is 1. The molecule has 0 saturated heterocycles. The highest BCUT2D eigenvalue weighted by Crippen LogP contribution is 2.16. The van der Waals surface area contributed by atoms with Gasteiger partial charge in [-0.3, -0.25) is 4.79 Å². The number of hydrogen-bond acceptors (Lipinski definition) is 5. The second-order valence-corrected chi connectivity index (χ2v) is 6.72. The van der Waals surface area contributed by atoms with Crippen LogP contribution in [0.5, 0.6) is 5.75 Å². The molecule has 2 heterocycles. The molecule has 0 saturated carbocycles. The second-order valence-electron chi connectivity index (χ2n) is 5.78. The fourth-order valence-electron chi connectivity index (χ4n) is 2.17. The maximum Gasteiger partial charge on any atom is 0.231 e. The average Bonchev–Trinajstić information content (AvgIpc) is 3.04. The van der Waals surface area contributed by atoms with Crippen LogP contribution in [0.1, 0.15) is 21.8 Å². The van der Waals surface area contributed by atoms with Crippen LogP contribution in [0.2, 0.25) is 0 Å². The molecule has 0 aliphatic heterocycles. The van der Waals surface area contributed by atoms with E-state index < -0.39 is 0 Å². The lowest BCUT2D eigenvalue weighted by atomic mass is 10.2. The van der Waals surface area contributed by atoms with Gasteiger partial charge in [0, 0.05) is 11.6 Å². The number of carbonyl (C=O) groups excluding carboxylic acids is 1. The van der Waals surface area contributed by atoms with Crippen LogP contribution >= 0.6 is 11.3 Å². The average molecular weight is 353 g/mol. The van der Waals surface area contributed by atoms with E-state index in [0.717, 1.165) is 22.0 Å². The predicted molar refractivity (Wildman–Crippen MR) is 98.9 cm³/mol. The molecule has 25 heavy (non-hydrogen) atoms. The highest BCUT2D eigenvalue weighted by molar-refractivity contribution is 7.09. The molecule has 0 spiro atoms. The summed E-state index contributed by atoms with van der Waals surface area (Å²) in [6, 6.07) is 11.6. The van der Waals surface area contributed by atoms with Crippen molar-refractivity contribution in [2.45, 2.75) is 26.9 Å². The molecule has 0 unspecified atom stereocenters. The van der Waals surface area contributed by atoms with Crippen LogP contribution in [0.4, 0.5) is 5.82 Å². The number of aryl methyl sites for hydroxylation is 2. The molecule has 0 atom stereocenters. The standard InChI is InChI=1S/C19H19N3O2S/c1-13-3-6-16(7-4-13)24-11-19-21-15(12-25-19)9-18(23)22-17-8-5-14(2)10-20-17/h3-8,10,12H,9,11H2,1-2H3,(H,20,22,23). The number of hydrogen-bond donors (Lipinski definition) is 1. The van der Waals surface area contributed by atoms with Gasteiger partial charge >= 0.3 is 0 Å². The number of ether oxygens (including phenoxy) is 1. The molecule has 128 valence electrons. The minimum atomic E-state index is -0.132. The normalized spacial score (nSPS) is 10.5. The van der Waals surface area contributed by atoms with Gasteiger partial charge in [-0.2, -0.15) is 0 Å². The van der Waals surface area contributed by atoms with Gasteiger partial charge in [0.05, 0.1) is 12.1 Å². The van der Waals surface area contributed by atoms with Crippen molar-refractivity contribution in [2.24, 2.45) is 0 Å². The van der Waals surface area contributed by atoms with Gasteiger partial charge in [-0.1, -0.05) is 23.8 Å².